The van der Waals surface area contributed by atoms with E-state index in [1.807, 2.05) is 24.5 Å². The van der Waals surface area contributed by atoms with Crippen molar-refractivity contribution in [1.82, 2.24) is 9.88 Å². The highest BCUT2D eigenvalue weighted by atomic mass is 79.9. The fraction of sp³-hybridized carbons (Fsp3) is 0.353. The SMILES string of the molecule is CSc1nc(C2CC2)cc(C(=O)N(C)Cc2ccc(Br)s2)c1C#N. The Morgan fingerprint density at radius 2 is 2.29 bits per heavy atom. The van der Waals surface area contributed by atoms with Crippen LogP contribution in [0.3, 0.4) is 0 Å². The minimum Gasteiger partial charge on any atom is -0.337 e. The first kappa shape index (κ1) is 17.5. The average molecular weight is 422 g/mol. The van der Waals surface area contributed by atoms with Crippen LogP contribution in [-0.4, -0.2) is 29.1 Å². The van der Waals surface area contributed by atoms with Crippen LogP contribution in [-0.2, 0) is 6.54 Å². The lowest BCUT2D eigenvalue weighted by Crippen LogP contribution is -2.27. The highest BCUT2D eigenvalue weighted by Gasteiger charge is 2.29. The molecular formula is C17H16BrN3OS2. The highest BCUT2D eigenvalue weighted by Crippen LogP contribution is 2.40. The van der Waals surface area contributed by atoms with Gasteiger partial charge in [0.2, 0.25) is 0 Å². The van der Waals surface area contributed by atoms with Crippen molar-refractivity contribution < 1.29 is 4.79 Å². The maximum Gasteiger partial charge on any atom is 0.255 e. The number of carbonyl (C=O) groups excluding carboxylic acids is 1. The summed E-state index contributed by atoms with van der Waals surface area (Å²) in [7, 11) is 1.77. The van der Waals surface area contributed by atoms with Crippen molar-refractivity contribution in [2.45, 2.75) is 30.3 Å². The molecule has 1 aliphatic carbocycles. The van der Waals surface area contributed by atoms with Crippen LogP contribution in [0.25, 0.3) is 0 Å². The molecule has 1 aliphatic rings. The number of halogens is 1. The third-order valence-electron chi connectivity index (χ3n) is 3.91. The first-order valence-corrected chi connectivity index (χ1v) is 10.4. The number of rotatable bonds is 5. The number of amides is 1. The van der Waals surface area contributed by atoms with Gasteiger partial charge in [0.25, 0.3) is 5.91 Å². The summed E-state index contributed by atoms with van der Waals surface area (Å²) in [5.41, 5.74) is 1.79. The molecule has 1 saturated carbocycles. The van der Waals surface area contributed by atoms with Crippen LogP contribution in [0.1, 0.15) is 45.3 Å². The van der Waals surface area contributed by atoms with Crippen molar-refractivity contribution in [2.24, 2.45) is 0 Å². The zero-order valence-corrected chi connectivity index (χ0v) is 16.6. The molecule has 0 radical (unpaired) electrons. The fourth-order valence-corrected chi connectivity index (χ4v) is 4.59. The lowest BCUT2D eigenvalue weighted by molar-refractivity contribution is 0.0785. The molecule has 0 bridgehead atoms. The highest BCUT2D eigenvalue weighted by molar-refractivity contribution is 9.11. The van der Waals surface area contributed by atoms with Gasteiger partial charge < -0.3 is 4.90 Å². The zero-order chi connectivity index (χ0) is 17.3. The molecule has 0 aromatic carbocycles. The van der Waals surface area contributed by atoms with E-state index in [1.54, 1.807) is 23.3 Å². The summed E-state index contributed by atoms with van der Waals surface area (Å²) in [5.74, 6) is 0.310. The van der Waals surface area contributed by atoms with E-state index in [9.17, 15) is 10.1 Å². The van der Waals surface area contributed by atoms with E-state index in [0.717, 1.165) is 27.2 Å². The maximum absolute atomic E-state index is 12.9. The third kappa shape index (κ3) is 3.66. The van der Waals surface area contributed by atoms with Crippen LogP contribution in [0, 0.1) is 11.3 Å². The molecule has 0 aliphatic heterocycles. The quantitative estimate of drug-likeness (QED) is 0.659. The van der Waals surface area contributed by atoms with Crippen molar-refractivity contribution in [2.75, 3.05) is 13.3 Å². The first-order chi connectivity index (χ1) is 11.5. The summed E-state index contributed by atoms with van der Waals surface area (Å²) in [6.07, 6.45) is 4.11. The standard InChI is InChI=1S/C17H16BrN3OS2/c1-21(9-11-5-6-15(18)24-11)17(22)12-7-14(10-3-4-10)20-16(23-2)13(12)8-19/h5-7,10H,3-4,9H2,1-2H3. The number of nitrogens with zero attached hydrogens (tertiary/aromatic N) is 3. The van der Waals surface area contributed by atoms with Gasteiger partial charge >= 0.3 is 0 Å². The van der Waals surface area contributed by atoms with Gasteiger partial charge in [0.05, 0.1) is 21.5 Å². The Labute approximate surface area is 158 Å². The van der Waals surface area contributed by atoms with Crippen LogP contribution in [0.15, 0.2) is 27.0 Å². The summed E-state index contributed by atoms with van der Waals surface area (Å²) < 4.78 is 1.04. The molecule has 1 fully saturated rings. The molecule has 0 unspecified atom stereocenters. The van der Waals surface area contributed by atoms with Gasteiger partial charge in [-0.05, 0) is 53.2 Å². The smallest absolute Gasteiger partial charge is 0.255 e. The molecule has 3 rings (SSSR count). The second-order valence-electron chi connectivity index (χ2n) is 5.73. The largest absolute Gasteiger partial charge is 0.337 e. The number of hydrogen-bond acceptors (Lipinski definition) is 5. The fourth-order valence-electron chi connectivity index (χ4n) is 2.50. The van der Waals surface area contributed by atoms with Crippen molar-refractivity contribution in [1.29, 1.82) is 5.26 Å². The molecule has 0 saturated heterocycles. The second kappa shape index (κ2) is 7.26. The lowest BCUT2D eigenvalue weighted by atomic mass is 10.1. The van der Waals surface area contributed by atoms with Gasteiger partial charge in [-0.25, -0.2) is 4.98 Å². The van der Waals surface area contributed by atoms with Crippen molar-refractivity contribution in [3.8, 4) is 6.07 Å². The van der Waals surface area contributed by atoms with E-state index >= 15 is 0 Å². The normalized spacial score (nSPS) is 13.6. The van der Waals surface area contributed by atoms with Crippen LogP contribution in [0.2, 0.25) is 0 Å². The topological polar surface area (TPSA) is 57.0 Å². The van der Waals surface area contributed by atoms with E-state index in [0.29, 0.717) is 28.6 Å². The van der Waals surface area contributed by atoms with E-state index < -0.39 is 0 Å². The predicted octanol–water partition coefficient (Wildman–Crippen LogP) is 4.65. The van der Waals surface area contributed by atoms with Gasteiger partial charge in [0.1, 0.15) is 11.1 Å². The van der Waals surface area contributed by atoms with Gasteiger partial charge in [0, 0.05) is 23.5 Å². The summed E-state index contributed by atoms with van der Waals surface area (Å²) in [5, 5.41) is 10.2. The summed E-state index contributed by atoms with van der Waals surface area (Å²) in [6, 6.07) is 7.96. The van der Waals surface area contributed by atoms with Crippen molar-refractivity contribution in [3.63, 3.8) is 0 Å². The first-order valence-electron chi connectivity index (χ1n) is 7.52. The molecule has 1 amide bonds. The van der Waals surface area contributed by atoms with Gasteiger partial charge in [-0.2, -0.15) is 5.26 Å². The molecule has 2 aromatic heterocycles. The average Bonchev–Trinajstić information content (AvgIpc) is 3.36. The Balaban J connectivity index is 1.92. The molecule has 7 heteroatoms. The van der Waals surface area contributed by atoms with Crippen LogP contribution < -0.4 is 0 Å². The van der Waals surface area contributed by atoms with Gasteiger partial charge in [0.15, 0.2) is 0 Å². The maximum atomic E-state index is 12.9. The number of nitriles is 1. The van der Waals surface area contributed by atoms with Crippen molar-refractivity contribution >= 4 is 44.9 Å². The molecule has 4 nitrogen and oxygen atoms in total. The molecule has 2 heterocycles. The zero-order valence-electron chi connectivity index (χ0n) is 13.4. The molecule has 0 N–H and O–H groups in total. The van der Waals surface area contributed by atoms with E-state index in [2.05, 4.69) is 27.0 Å². The van der Waals surface area contributed by atoms with E-state index in [1.165, 1.54) is 11.8 Å². The second-order valence-corrected chi connectivity index (χ2v) is 9.07. The molecule has 0 spiro atoms. The summed E-state index contributed by atoms with van der Waals surface area (Å²) >= 11 is 6.47. The molecule has 2 aromatic rings. The molecular weight excluding hydrogens is 406 g/mol. The van der Waals surface area contributed by atoms with Crippen molar-refractivity contribution in [3.05, 3.63) is 43.7 Å². The number of thioether (sulfide) groups is 1. The minimum atomic E-state index is -0.129. The number of thiophene rings is 1. The van der Waals surface area contributed by atoms with Crippen LogP contribution in [0.5, 0.6) is 0 Å². The lowest BCUT2D eigenvalue weighted by Gasteiger charge is -2.18. The Kier molecular flexibility index (Phi) is 5.28. The summed E-state index contributed by atoms with van der Waals surface area (Å²) in [6.45, 7) is 0.523. The van der Waals surface area contributed by atoms with Gasteiger partial charge in [-0.1, -0.05) is 0 Å². The van der Waals surface area contributed by atoms with Gasteiger partial charge in [-0.3, -0.25) is 4.79 Å². The van der Waals surface area contributed by atoms with Crippen LogP contribution in [0.4, 0.5) is 0 Å². The predicted molar refractivity (Wildman–Crippen MR) is 101 cm³/mol. The van der Waals surface area contributed by atoms with E-state index in [4.69, 9.17) is 0 Å². The minimum absolute atomic E-state index is 0.129. The van der Waals surface area contributed by atoms with Gasteiger partial charge in [-0.15, -0.1) is 23.1 Å². The number of aromatic nitrogens is 1. The Bertz CT molecular complexity index is 824. The van der Waals surface area contributed by atoms with Crippen LogP contribution >= 0.6 is 39.0 Å². The monoisotopic (exact) mass is 421 g/mol. The molecule has 24 heavy (non-hydrogen) atoms. The Hall–Kier alpha value is -1.36. The Morgan fingerprint density at radius 3 is 2.83 bits per heavy atom. The van der Waals surface area contributed by atoms with E-state index in [-0.39, 0.29) is 5.91 Å². The molecule has 124 valence electrons. The third-order valence-corrected chi connectivity index (χ3v) is 6.20. The summed E-state index contributed by atoms with van der Waals surface area (Å²) in [4.78, 5) is 20.3. The Morgan fingerprint density at radius 1 is 1.54 bits per heavy atom. The molecule has 0 atom stereocenters. The number of carbonyl (C=O) groups is 1. The number of hydrogen-bond donors (Lipinski definition) is 0. The number of pyridine rings is 1.